The van der Waals surface area contributed by atoms with Gasteiger partial charge < -0.3 is 9.84 Å². The number of hydrogen-bond donors (Lipinski definition) is 1. The lowest BCUT2D eigenvalue weighted by Gasteiger charge is -2.04. The van der Waals surface area contributed by atoms with Crippen LogP contribution in [0.1, 0.15) is 5.56 Å². The van der Waals surface area contributed by atoms with Crippen LogP contribution in [0.4, 0.5) is 0 Å². The summed E-state index contributed by atoms with van der Waals surface area (Å²) in [7, 11) is 1.57. The number of methoxy groups -OCH3 is 1. The van der Waals surface area contributed by atoms with E-state index in [1.807, 2.05) is 0 Å². The van der Waals surface area contributed by atoms with Gasteiger partial charge in [0.05, 0.1) is 13.0 Å². The number of benzene rings is 1. The van der Waals surface area contributed by atoms with Crippen LogP contribution in [0.15, 0.2) is 18.2 Å². The summed E-state index contributed by atoms with van der Waals surface area (Å²) in [5, 5.41) is 9.05. The highest BCUT2D eigenvalue weighted by Gasteiger charge is 2.01. The minimum atomic E-state index is 0.210. The molecule has 0 spiro atoms. The van der Waals surface area contributed by atoms with Crippen LogP contribution in [0.3, 0.4) is 0 Å². The lowest BCUT2D eigenvalue weighted by atomic mass is 10.2. The Balaban J connectivity index is 3.06. The quantitative estimate of drug-likeness (QED) is 0.693. The first-order valence-electron chi connectivity index (χ1n) is 3.19. The van der Waals surface area contributed by atoms with Gasteiger partial charge in [0.1, 0.15) is 11.5 Å². The van der Waals surface area contributed by atoms with E-state index in [0.29, 0.717) is 11.6 Å². The van der Waals surface area contributed by atoms with E-state index >= 15 is 0 Å². The van der Waals surface area contributed by atoms with Crippen molar-refractivity contribution in [3.05, 3.63) is 23.8 Å². The van der Waals surface area contributed by atoms with E-state index < -0.39 is 0 Å². The number of phenols is 1. The van der Waals surface area contributed by atoms with Crippen LogP contribution in [-0.2, 0) is 5.88 Å². The van der Waals surface area contributed by atoms with Crippen molar-refractivity contribution in [3.63, 3.8) is 0 Å². The van der Waals surface area contributed by atoms with E-state index in [1.165, 1.54) is 0 Å². The SMILES string of the molecule is COc1ccc(O)cc1CCl. The van der Waals surface area contributed by atoms with Gasteiger partial charge in [0, 0.05) is 5.56 Å². The van der Waals surface area contributed by atoms with Crippen molar-refractivity contribution in [1.82, 2.24) is 0 Å². The molecule has 0 atom stereocenters. The number of phenolic OH excluding ortho intramolecular Hbond substituents is 1. The molecule has 0 aliphatic carbocycles. The summed E-state index contributed by atoms with van der Waals surface area (Å²) in [4.78, 5) is 0. The molecule has 0 radical (unpaired) electrons. The zero-order chi connectivity index (χ0) is 8.27. The summed E-state index contributed by atoms with van der Waals surface area (Å²) in [5.74, 6) is 1.26. The minimum Gasteiger partial charge on any atom is -0.508 e. The average molecular weight is 173 g/mol. The molecular weight excluding hydrogens is 164 g/mol. The molecule has 1 aromatic carbocycles. The molecule has 60 valence electrons. The van der Waals surface area contributed by atoms with Crippen molar-refractivity contribution in [3.8, 4) is 11.5 Å². The Bertz CT molecular complexity index is 248. The second kappa shape index (κ2) is 3.49. The lowest BCUT2D eigenvalue weighted by molar-refractivity contribution is 0.408. The molecule has 11 heavy (non-hydrogen) atoms. The van der Waals surface area contributed by atoms with Crippen molar-refractivity contribution in [2.75, 3.05) is 7.11 Å². The number of aromatic hydroxyl groups is 1. The summed E-state index contributed by atoms with van der Waals surface area (Å²) < 4.78 is 5.00. The largest absolute Gasteiger partial charge is 0.508 e. The first-order valence-corrected chi connectivity index (χ1v) is 3.73. The highest BCUT2D eigenvalue weighted by Crippen LogP contribution is 2.24. The van der Waals surface area contributed by atoms with E-state index in [1.54, 1.807) is 25.3 Å². The van der Waals surface area contributed by atoms with Crippen molar-refractivity contribution in [1.29, 1.82) is 0 Å². The van der Waals surface area contributed by atoms with Crippen LogP contribution in [0.2, 0.25) is 0 Å². The van der Waals surface area contributed by atoms with Crippen LogP contribution in [0.25, 0.3) is 0 Å². The Hall–Kier alpha value is -0.890. The van der Waals surface area contributed by atoms with Gasteiger partial charge in [-0.05, 0) is 18.2 Å². The second-order valence-electron chi connectivity index (χ2n) is 2.13. The van der Waals surface area contributed by atoms with Crippen LogP contribution >= 0.6 is 11.6 Å². The molecule has 0 bridgehead atoms. The molecule has 0 amide bonds. The molecule has 0 unspecified atom stereocenters. The predicted octanol–water partition coefficient (Wildman–Crippen LogP) is 2.14. The van der Waals surface area contributed by atoms with Crippen LogP contribution < -0.4 is 4.74 Å². The zero-order valence-electron chi connectivity index (χ0n) is 6.17. The van der Waals surface area contributed by atoms with Gasteiger partial charge in [-0.25, -0.2) is 0 Å². The minimum absolute atomic E-state index is 0.210. The number of halogens is 1. The maximum atomic E-state index is 9.05. The van der Waals surface area contributed by atoms with Crippen molar-refractivity contribution in [2.24, 2.45) is 0 Å². The zero-order valence-corrected chi connectivity index (χ0v) is 6.93. The fourth-order valence-corrected chi connectivity index (χ4v) is 1.08. The average Bonchev–Trinajstić information content (AvgIpc) is 2.04. The Kier molecular flexibility index (Phi) is 2.60. The first-order chi connectivity index (χ1) is 5.27. The molecule has 0 aliphatic heterocycles. The van der Waals surface area contributed by atoms with Gasteiger partial charge in [0.15, 0.2) is 0 Å². The van der Waals surface area contributed by atoms with Gasteiger partial charge in [-0.15, -0.1) is 11.6 Å². The maximum Gasteiger partial charge on any atom is 0.123 e. The molecule has 0 fully saturated rings. The van der Waals surface area contributed by atoms with Gasteiger partial charge >= 0.3 is 0 Å². The third-order valence-corrected chi connectivity index (χ3v) is 1.70. The van der Waals surface area contributed by atoms with E-state index in [9.17, 15) is 0 Å². The molecule has 3 heteroatoms. The van der Waals surface area contributed by atoms with Crippen LogP contribution in [0, 0.1) is 0 Å². The Morgan fingerprint density at radius 3 is 2.82 bits per heavy atom. The van der Waals surface area contributed by atoms with Crippen molar-refractivity contribution >= 4 is 11.6 Å². The number of hydrogen-bond acceptors (Lipinski definition) is 2. The standard InChI is InChI=1S/C8H9ClO2/c1-11-8-3-2-7(10)4-6(8)5-9/h2-4,10H,5H2,1H3. The monoisotopic (exact) mass is 172 g/mol. The van der Waals surface area contributed by atoms with Gasteiger partial charge in [0.2, 0.25) is 0 Å². The molecule has 0 aliphatic rings. The van der Waals surface area contributed by atoms with E-state index in [0.717, 1.165) is 5.56 Å². The number of alkyl halides is 1. The summed E-state index contributed by atoms with van der Waals surface area (Å²) >= 11 is 5.59. The smallest absolute Gasteiger partial charge is 0.123 e. The second-order valence-corrected chi connectivity index (χ2v) is 2.40. The maximum absolute atomic E-state index is 9.05. The van der Waals surface area contributed by atoms with E-state index in [-0.39, 0.29) is 5.75 Å². The lowest BCUT2D eigenvalue weighted by Crippen LogP contribution is -1.88. The molecule has 0 aromatic heterocycles. The molecule has 0 saturated heterocycles. The normalized spacial score (nSPS) is 9.64. The molecule has 2 nitrogen and oxygen atoms in total. The highest BCUT2D eigenvalue weighted by molar-refractivity contribution is 6.17. The van der Waals surface area contributed by atoms with E-state index in [2.05, 4.69) is 0 Å². The third-order valence-electron chi connectivity index (χ3n) is 1.41. The Morgan fingerprint density at radius 2 is 2.27 bits per heavy atom. The number of rotatable bonds is 2. The molecule has 0 heterocycles. The summed E-state index contributed by atoms with van der Waals surface area (Å²) in [5.41, 5.74) is 0.800. The van der Waals surface area contributed by atoms with E-state index in [4.69, 9.17) is 21.4 Å². The molecule has 1 aromatic rings. The molecule has 1 N–H and O–H groups in total. The molecular formula is C8H9ClO2. The fourth-order valence-electron chi connectivity index (χ4n) is 0.869. The van der Waals surface area contributed by atoms with Gasteiger partial charge in [-0.1, -0.05) is 0 Å². The topological polar surface area (TPSA) is 29.5 Å². The summed E-state index contributed by atoms with van der Waals surface area (Å²) in [6.07, 6.45) is 0. The number of ether oxygens (including phenoxy) is 1. The van der Waals surface area contributed by atoms with Crippen LogP contribution in [0.5, 0.6) is 11.5 Å². The Morgan fingerprint density at radius 1 is 1.55 bits per heavy atom. The van der Waals surface area contributed by atoms with Crippen molar-refractivity contribution in [2.45, 2.75) is 5.88 Å². The van der Waals surface area contributed by atoms with Gasteiger partial charge in [0.25, 0.3) is 0 Å². The predicted molar refractivity (Wildman–Crippen MR) is 44.2 cm³/mol. The molecule has 1 rings (SSSR count). The fraction of sp³-hybridized carbons (Fsp3) is 0.250. The Labute approximate surface area is 70.4 Å². The highest BCUT2D eigenvalue weighted by atomic mass is 35.5. The van der Waals surface area contributed by atoms with Crippen LogP contribution in [-0.4, -0.2) is 12.2 Å². The third kappa shape index (κ3) is 1.77. The first kappa shape index (κ1) is 8.21. The summed E-state index contributed by atoms with van der Waals surface area (Å²) in [6, 6.07) is 4.84. The molecule has 0 saturated carbocycles. The van der Waals surface area contributed by atoms with Gasteiger partial charge in [-0.2, -0.15) is 0 Å². The summed E-state index contributed by atoms with van der Waals surface area (Å²) in [6.45, 7) is 0. The van der Waals surface area contributed by atoms with Gasteiger partial charge in [-0.3, -0.25) is 0 Å². The van der Waals surface area contributed by atoms with Crippen molar-refractivity contribution < 1.29 is 9.84 Å².